The number of rotatable bonds is 8. The van der Waals surface area contributed by atoms with Gasteiger partial charge in [0.05, 0.1) is 24.9 Å². The maximum absolute atomic E-state index is 13.1. The van der Waals surface area contributed by atoms with E-state index in [1.807, 2.05) is 85.8 Å². The van der Waals surface area contributed by atoms with E-state index >= 15 is 0 Å². The van der Waals surface area contributed by atoms with Gasteiger partial charge >= 0.3 is 0 Å². The zero-order valence-electron chi connectivity index (χ0n) is 18.1. The minimum Gasteiger partial charge on any atom is -0.493 e. The van der Waals surface area contributed by atoms with Crippen LogP contribution in [-0.2, 0) is 0 Å². The smallest absolute Gasteiger partial charge is 0.255 e. The molecule has 4 aromatic rings. The van der Waals surface area contributed by atoms with Crippen molar-refractivity contribution in [2.24, 2.45) is 0 Å². The third-order valence-corrected chi connectivity index (χ3v) is 5.09. The molecule has 1 N–H and O–H groups in total. The van der Waals surface area contributed by atoms with Gasteiger partial charge in [0.15, 0.2) is 11.5 Å². The Morgan fingerprint density at radius 2 is 1.62 bits per heavy atom. The van der Waals surface area contributed by atoms with Crippen molar-refractivity contribution in [3.63, 3.8) is 0 Å². The molecule has 3 aromatic carbocycles. The highest BCUT2D eigenvalue weighted by Gasteiger charge is 2.19. The number of methoxy groups -OCH3 is 1. The molecule has 0 radical (unpaired) electrons. The SMILES string of the molecule is COc1ccccc1OCCNC(=O)c1cn(-c2ccccc2)nc1-c1ccccc1C. The zero-order valence-corrected chi connectivity index (χ0v) is 18.1. The number of amides is 1. The van der Waals surface area contributed by atoms with Gasteiger partial charge in [-0.05, 0) is 36.8 Å². The second kappa shape index (κ2) is 9.83. The highest BCUT2D eigenvalue weighted by Crippen LogP contribution is 2.27. The molecule has 1 aromatic heterocycles. The second-order valence-corrected chi connectivity index (χ2v) is 7.24. The molecule has 0 spiro atoms. The summed E-state index contributed by atoms with van der Waals surface area (Å²) in [6, 6.07) is 25.1. The second-order valence-electron chi connectivity index (χ2n) is 7.24. The number of hydrogen-bond acceptors (Lipinski definition) is 4. The molecule has 0 saturated heterocycles. The molecule has 0 saturated carbocycles. The molecule has 0 aliphatic rings. The van der Waals surface area contributed by atoms with Crippen LogP contribution in [0, 0.1) is 6.92 Å². The minimum absolute atomic E-state index is 0.200. The first-order chi connectivity index (χ1) is 15.7. The molecule has 4 rings (SSSR count). The third-order valence-electron chi connectivity index (χ3n) is 5.09. The maximum Gasteiger partial charge on any atom is 0.255 e. The van der Waals surface area contributed by atoms with Crippen LogP contribution in [0.2, 0.25) is 0 Å². The number of aromatic nitrogens is 2. The number of nitrogens with zero attached hydrogens (tertiary/aromatic N) is 2. The van der Waals surface area contributed by atoms with Crippen molar-refractivity contribution in [2.75, 3.05) is 20.3 Å². The van der Waals surface area contributed by atoms with Crippen molar-refractivity contribution in [1.82, 2.24) is 15.1 Å². The molecular formula is C26H25N3O3. The highest BCUT2D eigenvalue weighted by atomic mass is 16.5. The molecule has 6 heteroatoms. The van der Waals surface area contributed by atoms with Crippen LogP contribution < -0.4 is 14.8 Å². The Balaban J connectivity index is 1.53. The Morgan fingerprint density at radius 3 is 2.38 bits per heavy atom. The molecule has 0 atom stereocenters. The van der Waals surface area contributed by atoms with E-state index in [0.717, 1.165) is 16.8 Å². The van der Waals surface area contributed by atoms with Crippen molar-refractivity contribution in [3.8, 4) is 28.4 Å². The number of nitrogens with one attached hydrogen (secondary N) is 1. The molecule has 0 bridgehead atoms. The molecule has 162 valence electrons. The van der Waals surface area contributed by atoms with E-state index in [0.29, 0.717) is 35.9 Å². The fraction of sp³-hybridized carbons (Fsp3) is 0.154. The monoisotopic (exact) mass is 427 g/mol. The number of benzene rings is 3. The summed E-state index contributed by atoms with van der Waals surface area (Å²) in [5.41, 5.74) is 4.04. The summed E-state index contributed by atoms with van der Waals surface area (Å²) in [5.74, 6) is 1.10. The lowest BCUT2D eigenvalue weighted by molar-refractivity contribution is 0.0947. The van der Waals surface area contributed by atoms with E-state index in [1.54, 1.807) is 18.0 Å². The number of para-hydroxylation sites is 3. The van der Waals surface area contributed by atoms with Crippen LogP contribution in [0.4, 0.5) is 0 Å². The van der Waals surface area contributed by atoms with Crippen molar-refractivity contribution in [3.05, 3.63) is 96.2 Å². The van der Waals surface area contributed by atoms with E-state index in [1.165, 1.54) is 0 Å². The van der Waals surface area contributed by atoms with Gasteiger partial charge in [0.2, 0.25) is 0 Å². The Kier molecular flexibility index (Phi) is 6.51. The van der Waals surface area contributed by atoms with Crippen molar-refractivity contribution in [1.29, 1.82) is 0 Å². The predicted octanol–water partition coefficient (Wildman–Crippen LogP) is 4.67. The van der Waals surface area contributed by atoms with Gasteiger partial charge in [0, 0.05) is 11.8 Å². The maximum atomic E-state index is 13.1. The summed E-state index contributed by atoms with van der Waals surface area (Å²) in [4.78, 5) is 13.1. The van der Waals surface area contributed by atoms with Crippen LogP contribution in [0.15, 0.2) is 85.1 Å². The number of aryl methyl sites for hydroxylation is 1. The first-order valence-electron chi connectivity index (χ1n) is 10.4. The Bertz CT molecular complexity index is 1200. The van der Waals surface area contributed by atoms with Crippen LogP contribution in [0.25, 0.3) is 16.9 Å². The van der Waals surface area contributed by atoms with Gasteiger partial charge in [-0.25, -0.2) is 4.68 Å². The summed E-state index contributed by atoms with van der Waals surface area (Å²) in [7, 11) is 1.60. The summed E-state index contributed by atoms with van der Waals surface area (Å²) in [6.45, 7) is 2.68. The minimum atomic E-state index is -0.200. The van der Waals surface area contributed by atoms with Crippen LogP contribution in [0.3, 0.4) is 0 Å². The van der Waals surface area contributed by atoms with Gasteiger partial charge in [-0.2, -0.15) is 5.10 Å². The van der Waals surface area contributed by atoms with E-state index in [-0.39, 0.29) is 5.91 Å². The summed E-state index contributed by atoms with van der Waals surface area (Å²) in [5, 5.41) is 7.68. The average Bonchev–Trinajstić information content (AvgIpc) is 3.28. The Labute approximate surface area is 187 Å². The fourth-order valence-corrected chi connectivity index (χ4v) is 3.45. The number of carbonyl (C=O) groups is 1. The van der Waals surface area contributed by atoms with Gasteiger partial charge in [0.1, 0.15) is 12.3 Å². The third kappa shape index (κ3) is 4.64. The zero-order chi connectivity index (χ0) is 22.3. The van der Waals surface area contributed by atoms with Gasteiger partial charge in [-0.3, -0.25) is 4.79 Å². The molecule has 0 aliphatic heterocycles. The van der Waals surface area contributed by atoms with Crippen LogP contribution in [0.1, 0.15) is 15.9 Å². The summed E-state index contributed by atoms with van der Waals surface area (Å²) >= 11 is 0. The van der Waals surface area contributed by atoms with Crippen LogP contribution in [0.5, 0.6) is 11.5 Å². The van der Waals surface area contributed by atoms with Gasteiger partial charge in [-0.15, -0.1) is 0 Å². The Morgan fingerprint density at radius 1 is 0.938 bits per heavy atom. The molecule has 0 aliphatic carbocycles. The first-order valence-corrected chi connectivity index (χ1v) is 10.4. The summed E-state index contributed by atoms with van der Waals surface area (Å²) in [6.07, 6.45) is 1.77. The molecule has 1 heterocycles. The van der Waals surface area contributed by atoms with Crippen molar-refractivity contribution < 1.29 is 14.3 Å². The molecule has 32 heavy (non-hydrogen) atoms. The van der Waals surface area contributed by atoms with E-state index < -0.39 is 0 Å². The van der Waals surface area contributed by atoms with Gasteiger partial charge in [-0.1, -0.05) is 54.6 Å². The van der Waals surface area contributed by atoms with E-state index in [4.69, 9.17) is 14.6 Å². The largest absolute Gasteiger partial charge is 0.493 e. The molecule has 6 nitrogen and oxygen atoms in total. The van der Waals surface area contributed by atoms with E-state index in [9.17, 15) is 4.79 Å². The predicted molar refractivity (Wildman–Crippen MR) is 125 cm³/mol. The number of carbonyl (C=O) groups excluding carboxylic acids is 1. The fourth-order valence-electron chi connectivity index (χ4n) is 3.45. The number of hydrogen-bond donors (Lipinski definition) is 1. The lowest BCUT2D eigenvalue weighted by Crippen LogP contribution is -2.28. The Hall–Kier alpha value is -4.06. The van der Waals surface area contributed by atoms with E-state index in [2.05, 4.69) is 5.32 Å². The van der Waals surface area contributed by atoms with Crippen LogP contribution >= 0.6 is 0 Å². The van der Waals surface area contributed by atoms with Crippen molar-refractivity contribution in [2.45, 2.75) is 6.92 Å². The molecule has 0 unspecified atom stereocenters. The normalized spacial score (nSPS) is 10.6. The summed E-state index contributed by atoms with van der Waals surface area (Å²) < 4.78 is 12.8. The van der Waals surface area contributed by atoms with Crippen molar-refractivity contribution >= 4 is 5.91 Å². The number of ether oxygens (including phenoxy) is 2. The molecule has 1 amide bonds. The average molecular weight is 428 g/mol. The standard InChI is InChI=1S/C26H25N3O3/c1-19-10-6-7-13-21(19)25-22(18-29(28-25)20-11-4-3-5-12-20)26(30)27-16-17-32-24-15-9-8-14-23(24)31-2/h3-15,18H,16-17H2,1-2H3,(H,27,30). The van der Waals surface area contributed by atoms with Gasteiger partial charge < -0.3 is 14.8 Å². The quantitative estimate of drug-likeness (QED) is 0.415. The molecule has 0 fully saturated rings. The highest BCUT2D eigenvalue weighted by molar-refractivity contribution is 6.00. The van der Waals surface area contributed by atoms with Gasteiger partial charge in [0.25, 0.3) is 5.91 Å². The first kappa shape index (κ1) is 21.2. The van der Waals surface area contributed by atoms with Crippen LogP contribution in [-0.4, -0.2) is 35.9 Å². The lowest BCUT2D eigenvalue weighted by Gasteiger charge is -2.11. The lowest BCUT2D eigenvalue weighted by atomic mass is 10.0. The topological polar surface area (TPSA) is 65.4 Å². The molecular weight excluding hydrogens is 402 g/mol.